The molecular weight excluding hydrogens is 304 g/mol. The average molecular weight is 319 g/mol. The van der Waals surface area contributed by atoms with E-state index in [-0.39, 0.29) is 5.91 Å². The van der Waals surface area contributed by atoms with Crippen molar-refractivity contribution in [1.82, 2.24) is 0 Å². The molecule has 0 unspecified atom stereocenters. The Morgan fingerprint density at radius 2 is 1.74 bits per heavy atom. The molecule has 98 valence electrons. The first-order chi connectivity index (χ1) is 8.95. The number of anilines is 2. The Labute approximate surface area is 121 Å². The van der Waals surface area contributed by atoms with Crippen molar-refractivity contribution >= 4 is 33.2 Å². The molecule has 0 fully saturated rings. The smallest absolute Gasteiger partial charge is 0.255 e. The van der Waals surface area contributed by atoms with E-state index < -0.39 is 0 Å². The van der Waals surface area contributed by atoms with Gasteiger partial charge in [0.05, 0.1) is 0 Å². The van der Waals surface area contributed by atoms with E-state index in [9.17, 15) is 4.79 Å². The maximum Gasteiger partial charge on any atom is 0.255 e. The van der Waals surface area contributed by atoms with Crippen LogP contribution in [0.25, 0.3) is 0 Å². The number of benzene rings is 2. The number of aryl methyl sites for hydroxylation is 2. The molecular formula is C15H15BrN2O. The topological polar surface area (TPSA) is 55.1 Å². The number of amides is 1. The van der Waals surface area contributed by atoms with Gasteiger partial charge < -0.3 is 11.1 Å². The molecule has 0 heterocycles. The van der Waals surface area contributed by atoms with Gasteiger partial charge in [-0.2, -0.15) is 0 Å². The predicted octanol–water partition coefficient (Wildman–Crippen LogP) is 3.90. The van der Waals surface area contributed by atoms with Gasteiger partial charge in [-0.15, -0.1) is 0 Å². The Hall–Kier alpha value is -1.81. The van der Waals surface area contributed by atoms with Crippen LogP contribution in [-0.2, 0) is 0 Å². The number of nitrogens with one attached hydrogen (secondary N) is 1. The van der Waals surface area contributed by atoms with Crippen LogP contribution in [0.5, 0.6) is 0 Å². The van der Waals surface area contributed by atoms with Crippen LogP contribution in [-0.4, -0.2) is 5.91 Å². The third kappa shape index (κ3) is 3.35. The monoisotopic (exact) mass is 318 g/mol. The summed E-state index contributed by atoms with van der Waals surface area (Å²) in [6.45, 7) is 3.95. The molecule has 3 nitrogen and oxygen atoms in total. The molecule has 0 aliphatic rings. The molecule has 0 aliphatic heterocycles. The van der Waals surface area contributed by atoms with Gasteiger partial charge in [0.1, 0.15) is 0 Å². The number of rotatable bonds is 2. The molecule has 2 aromatic carbocycles. The molecule has 0 radical (unpaired) electrons. The zero-order chi connectivity index (χ0) is 14.0. The van der Waals surface area contributed by atoms with Crippen molar-refractivity contribution in [3.8, 4) is 0 Å². The normalized spacial score (nSPS) is 10.3. The molecule has 0 saturated heterocycles. The lowest BCUT2D eigenvalue weighted by atomic mass is 10.1. The molecule has 0 spiro atoms. The molecule has 2 aromatic rings. The SMILES string of the molecule is Cc1cc(C)cc(C(=O)Nc2ccc(N)c(Br)c2)c1. The van der Waals surface area contributed by atoms with Crippen molar-refractivity contribution in [1.29, 1.82) is 0 Å². The highest BCUT2D eigenvalue weighted by Crippen LogP contribution is 2.23. The number of hydrogen-bond acceptors (Lipinski definition) is 2. The average Bonchev–Trinajstić information content (AvgIpc) is 2.32. The van der Waals surface area contributed by atoms with Crippen LogP contribution in [0.2, 0.25) is 0 Å². The minimum Gasteiger partial charge on any atom is -0.398 e. The Bertz CT molecular complexity index is 618. The van der Waals surface area contributed by atoms with Gasteiger partial charge in [0, 0.05) is 21.4 Å². The molecule has 0 bridgehead atoms. The molecule has 0 atom stereocenters. The minimum absolute atomic E-state index is 0.122. The van der Waals surface area contributed by atoms with E-state index >= 15 is 0 Å². The van der Waals surface area contributed by atoms with Crippen molar-refractivity contribution < 1.29 is 4.79 Å². The van der Waals surface area contributed by atoms with E-state index in [0.717, 1.165) is 15.6 Å². The second-order valence-electron chi connectivity index (χ2n) is 4.57. The molecule has 4 heteroatoms. The number of nitrogens with two attached hydrogens (primary N) is 1. The lowest BCUT2D eigenvalue weighted by molar-refractivity contribution is 0.102. The first kappa shape index (κ1) is 13.6. The molecule has 19 heavy (non-hydrogen) atoms. The summed E-state index contributed by atoms with van der Waals surface area (Å²) < 4.78 is 0.769. The van der Waals surface area contributed by atoms with E-state index in [1.165, 1.54) is 0 Å². The Morgan fingerprint density at radius 1 is 1.11 bits per heavy atom. The van der Waals surface area contributed by atoms with E-state index in [4.69, 9.17) is 5.73 Å². The third-order valence-electron chi connectivity index (χ3n) is 2.74. The molecule has 2 rings (SSSR count). The minimum atomic E-state index is -0.122. The zero-order valence-electron chi connectivity index (χ0n) is 10.8. The maximum atomic E-state index is 12.2. The van der Waals surface area contributed by atoms with Crippen molar-refractivity contribution in [2.24, 2.45) is 0 Å². The van der Waals surface area contributed by atoms with E-state index in [2.05, 4.69) is 21.2 Å². The van der Waals surface area contributed by atoms with Gasteiger partial charge in [0.15, 0.2) is 0 Å². The Morgan fingerprint density at radius 3 is 2.32 bits per heavy atom. The number of carbonyl (C=O) groups is 1. The molecule has 0 aromatic heterocycles. The van der Waals surface area contributed by atoms with Crippen LogP contribution in [0, 0.1) is 13.8 Å². The van der Waals surface area contributed by atoms with Crippen LogP contribution in [0.4, 0.5) is 11.4 Å². The largest absolute Gasteiger partial charge is 0.398 e. The van der Waals surface area contributed by atoms with Crippen molar-refractivity contribution in [2.45, 2.75) is 13.8 Å². The van der Waals surface area contributed by atoms with Gasteiger partial charge in [0.25, 0.3) is 5.91 Å². The van der Waals surface area contributed by atoms with Gasteiger partial charge in [-0.1, -0.05) is 17.2 Å². The first-order valence-electron chi connectivity index (χ1n) is 5.90. The molecule has 0 saturated carbocycles. The standard InChI is InChI=1S/C15H15BrN2O/c1-9-5-10(2)7-11(6-9)15(19)18-12-3-4-14(17)13(16)8-12/h3-8H,17H2,1-2H3,(H,18,19). The lowest BCUT2D eigenvalue weighted by Crippen LogP contribution is -2.12. The van der Waals surface area contributed by atoms with Gasteiger partial charge in [-0.05, 0) is 60.1 Å². The Kier molecular flexibility index (Phi) is 3.90. The fraction of sp³-hybridized carbons (Fsp3) is 0.133. The quantitative estimate of drug-likeness (QED) is 0.825. The summed E-state index contributed by atoms with van der Waals surface area (Å²) in [5.41, 5.74) is 9.87. The maximum absolute atomic E-state index is 12.2. The highest BCUT2D eigenvalue weighted by Gasteiger charge is 2.08. The van der Waals surface area contributed by atoms with Crippen LogP contribution < -0.4 is 11.1 Å². The van der Waals surface area contributed by atoms with Crippen LogP contribution in [0.3, 0.4) is 0 Å². The van der Waals surface area contributed by atoms with Gasteiger partial charge in [-0.25, -0.2) is 0 Å². The van der Waals surface area contributed by atoms with Crippen molar-refractivity contribution in [3.05, 3.63) is 57.6 Å². The van der Waals surface area contributed by atoms with E-state index in [1.807, 2.05) is 32.0 Å². The predicted molar refractivity (Wildman–Crippen MR) is 82.4 cm³/mol. The summed E-state index contributed by atoms with van der Waals surface area (Å²) in [4.78, 5) is 12.2. The van der Waals surface area contributed by atoms with E-state index in [1.54, 1.807) is 18.2 Å². The molecule has 3 N–H and O–H groups in total. The van der Waals surface area contributed by atoms with Crippen molar-refractivity contribution in [2.75, 3.05) is 11.1 Å². The molecule has 1 amide bonds. The van der Waals surface area contributed by atoms with E-state index in [0.29, 0.717) is 16.9 Å². The second kappa shape index (κ2) is 5.45. The fourth-order valence-corrected chi connectivity index (χ4v) is 2.29. The van der Waals surface area contributed by atoms with Crippen molar-refractivity contribution in [3.63, 3.8) is 0 Å². The summed E-state index contributed by atoms with van der Waals surface area (Å²) >= 11 is 3.34. The fourth-order valence-electron chi connectivity index (χ4n) is 1.91. The van der Waals surface area contributed by atoms with Crippen LogP contribution >= 0.6 is 15.9 Å². The summed E-state index contributed by atoms with van der Waals surface area (Å²) in [7, 11) is 0. The van der Waals surface area contributed by atoms with Crippen LogP contribution in [0.1, 0.15) is 21.5 Å². The third-order valence-corrected chi connectivity index (χ3v) is 3.43. The lowest BCUT2D eigenvalue weighted by Gasteiger charge is -2.08. The zero-order valence-corrected chi connectivity index (χ0v) is 12.4. The number of nitrogen functional groups attached to an aromatic ring is 1. The first-order valence-corrected chi connectivity index (χ1v) is 6.69. The molecule has 0 aliphatic carbocycles. The van der Waals surface area contributed by atoms with Crippen LogP contribution in [0.15, 0.2) is 40.9 Å². The summed E-state index contributed by atoms with van der Waals surface area (Å²) in [5, 5.41) is 2.86. The summed E-state index contributed by atoms with van der Waals surface area (Å²) in [5.74, 6) is -0.122. The number of hydrogen-bond donors (Lipinski definition) is 2. The van der Waals surface area contributed by atoms with Gasteiger partial charge in [-0.3, -0.25) is 4.79 Å². The summed E-state index contributed by atoms with van der Waals surface area (Å²) in [6, 6.07) is 11.1. The van der Waals surface area contributed by atoms with Gasteiger partial charge >= 0.3 is 0 Å². The highest BCUT2D eigenvalue weighted by atomic mass is 79.9. The number of carbonyl (C=O) groups excluding carboxylic acids is 1. The summed E-state index contributed by atoms with van der Waals surface area (Å²) in [6.07, 6.45) is 0. The number of halogens is 1. The van der Waals surface area contributed by atoms with Gasteiger partial charge in [0.2, 0.25) is 0 Å². The highest BCUT2D eigenvalue weighted by molar-refractivity contribution is 9.10. The second-order valence-corrected chi connectivity index (χ2v) is 5.42. The Balaban J connectivity index is 2.22.